The van der Waals surface area contributed by atoms with Crippen LogP contribution in [-0.4, -0.2) is 21.9 Å². The number of nitro benzene ring substituents is 1. The third-order valence-electron chi connectivity index (χ3n) is 4.51. The first-order valence-corrected chi connectivity index (χ1v) is 9.54. The van der Waals surface area contributed by atoms with Crippen molar-refractivity contribution in [1.29, 1.82) is 0 Å². The number of carbonyl (C=O) groups excluding carboxylic acids is 1. The third kappa shape index (κ3) is 4.28. The van der Waals surface area contributed by atoms with Crippen molar-refractivity contribution in [1.82, 2.24) is 4.57 Å². The number of ether oxygens (including phenoxy) is 1. The number of benzene rings is 1. The highest BCUT2D eigenvalue weighted by molar-refractivity contribution is 7.09. The van der Waals surface area contributed by atoms with Crippen molar-refractivity contribution < 1.29 is 18.8 Å². The topological polar surface area (TPSA) is 74.4 Å². The van der Waals surface area contributed by atoms with E-state index in [-0.39, 0.29) is 17.2 Å². The fourth-order valence-electron chi connectivity index (χ4n) is 3.08. The van der Waals surface area contributed by atoms with Crippen LogP contribution in [0.25, 0.3) is 0 Å². The van der Waals surface area contributed by atoms with Gasteiger partial charge in [-0.1, -0.05) is 6.07 Å². The molecule has 0 bridgehead atoms. The van der Waals surface area contributed by atoms with E-state index in [1.807, 2.05) is 25.3 Å². The zero-order valence-corrected chi connectivity index (χ0v) is 16.3. The Labute approximate surface area is 165 Å². The fraction of sp³-hybridized carbons (Fsp3) is 0.250. The van der Waals surface area contributed by atoms with Crippen LogP contribution >= 0.6 is 11.3 Å². The van der Waals surface area contributed by atoms with E-state index < -0.39 is 17.3 Å². The van der Waals surface area contributed by atoms with E-state index in [0.29, 0.717) is 5.56 Å². The molecular weight excluding hydrogens is 383 g/mol. The largest absolute Gasteiger partial charge is 0.478 e. The van der Waals surface area contributed by atoms with Gasteiger partial charge in [0.05, 0.1) is 4.92 Å². The minimum atomic E-state index is -0.671. The zero-order valence-electron chi connectivity index (χ0n) is 15.5. The summed E-state index contributed by atoms with van der Waals surface area (Å²) < 4.78 is 20.7. The summed E-state index contributed by atoms with van der Waals surface area (Å²) in [5.74, 6) is -1.24. The number of nitrogens with zero attached hydrogens (tertiary/aromatic N) is 2. The molecular formula is C20H19FN2O4S. The zero-order chi connectivity index (χ0) is 20.3. The molecule has 0 aliphatic rings. The number of rotatable bonds is 8. The second kappa shape index (κ2) is 8.35. The maximum absolute atomic E-state index is 13.4. The van der Waals surface area contributed by atoms with Gasteiger partial charge in [0.25, 0.3) is 0 Å². The average molecular weight is 402 g/mol. The summed E-state index contributed by atoms with van der Waals surface area (Å²) in [6, 6.07) is 8.78. The lowest BCUT2D eigenvalue weighted by atomic mass is 10.1. The van der Waals surface area contributed by atoms with Gasteiger partial charge in [0.1, 0.15) is 5.82 Å². The summed E-state index contributed by atoms with van der Waals surface area (Å²) >= 11 is 1.69. The van der Waals surface area contributed by atoms with Gasteiger partial charge in [-0.2, -0.15) is 0 Å². The number of hydrogen-bond acceptors (Lipinski definition) is 5. The van der Waals surface area contributed by atoms with Crippen LogP contribution in [0.15, 0.2) is 41.8 Å². The molecule has 8 heteroatoms. The molecule has 0 atom stereocenters. The maximum atomic E-state index is 13.4. The normalized spacial score (nSPS) is 10.8. The van der Waals surface area contributed by atoms with E-state index in [1.165, 1.54) is 4.88 Å². The van der Waals surface area contributed by atoms with Crippen LogP contribution in [0.3, 0.4) is 0 Å². The van der Waals surface area contributed by atoms with Crippen molar-refractivity contribution in [3.8, 4) is 5.75 Å². The second-order valence-corrected chi connectivity index (χ2v) is 7.38. The number of hydrogen-bond donors (Lipinski definition) is 0. The summed E-state index contributed by atoms with van der Waals surface area (Å²) in [7, 11) is 0. The summed E-state index contributed by atoms with van der Waals surface area (Å²) in [4.78, 5) is 24.2. The van der Waals surface area contributed by atoms with Gasteiger partial charge in [-0.15, -0.1) is 11.3 Å². The first-order valence-electron chi connectivity index (χ1n) is 8.66. The highest BCUT2D eigenvalue weighted by atomic mass is 32.1. The Bertz CT molecular complexity index is 1010. The number of thiophene rings is 1. The van der Waals surface area contributed by atoms with Crippen molar-refractivity contribution in [2.24, 2.45) is 0 Å². The van der Waals surface area contributed by atoms with Gasteiger partial charge < -0.3 is 9.30 Å². The molecule has 3 rings (SSSR count). The Balaban J connectivity index is 1.72. The molecule has 3 aromatic rings. The summed E-state index contributed by atoms with van der Waals surface area (Å²) in [6.45, 7) is 4.14. The number of Topliss-reactive ketones (excluding diaryl/α,β-unsaturated/α-hetero) is 1. The Morgan fingerprint density at radius 3 is 2.75 bits per heavy atom. The molecule has 0 saturated heterocycles. The Morgan fingerprint density at radius 2 is 2.07 bits per heavy atom. The van der Waals surface area contributed by atoms with Gasteiger partial charge in [0, 0.05) is 40.5 Å². The molecule has 0 aliphatic carbocycles. The molecule has 0 amide bonds. The number of ketones is 1. The van der Waals surface area contributed by atoms with E-state index in [9.17, 15) is 19.3 Å². The lowest BCUT2D eigenvalue weighted by Crippen LogP contribution is -2.14. The Morgan fingerprint density at radius 1 is 1.29 bits per heavy atom. The molecule has 0 unspecified atom stereocenters. The first-order chi connectivity index (χ1) is 13.4. The predicted octanol–water partition coefficient (Wildman–Crippen LogP) is 4.72. The van der Waals surface area contributed by atoms with Crippen LogP contribution in [0, 0.1) is 29.8 Å². The number of aryl methyl sites for hydroxylation is 2. The molecule has 0 N–H and O–H groups in total. The fourth-order valence-corrected chi connectivity index (χ4v) is 3.78. The Hall–Kier alpha value is -3.00. The van der Waals surface area contributed by atoms with Crippen LogP contribution < -0.4 is 4.74 Å². The Kier molecular flexibility index (Phi) is 5.89. The monoisotopic (exact) mass is 402 g/mol. The van der Waals surface area contributed by atoms with Crippen LogP contribution in [0.5, 0.6) is 5.75 Å². The highest BCUT2D eigenvalue weighted by Crippen LogP contribution is 2.28. The van der Waals surface area contributed by atoms with Crippen LogP contribution in [0.2, 0.25) is 0 Å². The molecule has 0 radical (unpaired) electrons. The van der Waals surface area contributed by atoms with Gasteiger partial charge in [0.15, 0.2) is 12.4 Å². The van der Waals surface area contributed by atoms with Crippen molar-refractivity contribution in [2.75, 3.05) is 6.61 Å². The molecule has 0 saturated carbocycles. The number of halogens is 1. The third-order valence-corrected chi connectivity index (χ3v) is 5.45. The minimum absolute atomic E-state index is 0.259. The standard InChI is InChI=1S/C20H19FN2O4S/c1-13-10-17(14(2)22(13)8-7-16-4-3-9-28-16)19(24)12-27-20-11-15(21)5-6-18(20)23(25)26/h3-6,9-11H,7-8,12H2,1-2H3. The van der Waals surface area contributed by atoms with Crippen molar-refractivity contribution in [2.45, 2.75) is 26.8 Å². The van der Waals surface area contributed by atoms with Gasteiger partial charge in [0.2, 0.25) is 5.78 Å². The van der Waals surface area contributed by atoms with Crippen molar-refractivity contribution in [3.05, 3.63) is 79.5 Å². The molecule has 1 aromatic carbocycles. The molecule has 0 spiro atoms. The average Bonchev–Trinajstić information content (AvgIpc) is 3.26. The van der Waals surface area contributed by atoms with Gasteiger partial charge >= 0.3 is 5.69 Å². The van der Waals surface area contributed by atoms with Crippen molar-refractivity contribution >= 4 is 22.8 Å². The van der Waals surface area contributed by atoms with Crippen LogP contribution in [0.4, 0.5) is 10.1 Å². The molecule has 6 nitrogen and oxygen atoms in total. The van der Waals surface area contributed by atoms with E-state index in [1.54, 1.807) is 17.4 Å². The number of nitro groups is 1. The van der Waals surface area contributed by atoms with Crippen molar-refractivity contribution in [3.63, 3.8) is 0 Å². The summed E-state index contributed by atoms with van der Waals surface area (Å²) in [5, 5.41) is 13.1. The van der Waals surface area contributed by atoms with E-state index >= 15 is 0 Å². The smallest absolute Gasteiger partial charge is 0.311 e. The van der Waals surface area contributed by atoms with Gasteiger partial charge in [-0.3, -0.25) is 14.9 Å². The SMILES string of the molecule is Cc1cc(C(=O)COc2cc(F)ccc2[N+](=O)[O-])c(C)n1CCc1cccs1. The number of carbonyl (C=O) groups is 1. The van der Waals surface area contributed by atoms with E-state index in [2.05, 4.69) is 10.6 Å². The van der Waals surface area contributed by atoms with E-state index in [0.717, 1.165) is 42.6 Å². The van der Waals surface area contributed by atoms with Crippen LogP contribution in [0.1, 0.15) is 26.6 Å². The molecule has 2 heterocycles. The molecule has 146 valence electrons. The maximum Gasteiger partial charge on any atom is 0.311 e. The molecule has 0 fully saturated rings. The van der Waals surface area contributed by atoms with Gasteiger partial charge in [-0.25, -0.2) is 4.39 Å². The van der Waals surface area contributed by atoms with Gasteiger partial charge in [-0.05, 0) is 43.8 Å². The van der Waals surface area contributed by atoms with E-state index in [4.69, 9.17) is 4.74 Å². The molecule has 28 heavy (non-hydrogen) atoms. The lowest BCUT2D eigenvalue weighted by molar-refractivity contribution is -0.385. The predicted molar refractivity (Wildman–Crippen MR) is 105 cm³/mol. The minimum Gasteiger partial charge on any atom is -0.478 e. The quantitative estimate of drug-likeness (QED) is 0.310. The molecule has 0 aliphatic heterocycles. The first kappa shape index (κ1) is 19.8. The molecule has 2 aromatic heterocycles. The lowest BCUT2D eigenvalue weighted by Gasteiger charge is -2.09. The number of aromatic nitrogens is 1. The second-order valence-electron chi connectivity index (χ2n) is 6.35. The summed E-state index contributed by atoms with van der Waals surface area (Å²) in [5.41, 5.74) is 1.89. The highest BCUT2D eigenvalue weighted by Gasteiger charge is 2.20. The van der Waals surface area contributed by atoms with Crippen LogP contribution in [-0.2, 0) is 13.0 Å². The summed E-state index contributed by atoms with van der Waals surface area (Å²) in [6.07, 6.45) is 0.869.